The van der Waals surface area contributed by atoms with E-state index < -0.39 is 23.6 Å². The van der Waals surface area contributed by atoms with Crippen LogP contribution in [-0.2, 0) is 6.54 Å². The fourth-order valence-corrected chi connectivity index (χ4v) is 3.17. The molecule has 0 spiro atoms. The number of hydrogen-bond acceptors (Lipinski definition) is 6. The van der Waals surface area contributed by atoms with Crippen LogP contribution in [0.15, 0.2) is 59.7 Å². The predicted molar refractivity (Wildman–Crippen MR) is 119 cm³/mol. The van der Waals surface area contributed by atoms with Gasteiger partial charge in [-0.2, -0.15) is 5.10 Å². The van der Waals surface area contributed by atoms with Crippen LogP contribution in [0.5, 0.6) is 0 Å². The summed E-state index contributed by atoms with van der Waals surface area (Å²) in [5.41, 5.74) is 1.30. The minimum atomic E-state index is -1.24. The Morgan fingerprint density at radius 2 is 1.61 bits per heavy atom. The van der Waals surface area contributed by atoms with Crippen molar-refractivity contribution in [2.75, 3.05) is 5.32 Å². The molecule has 0 fully saturated rings. The molecule has 0 radical (unpaired) electrons. The van der Waals surface area contributed by atoms with Crippen LogP contribution in [-0.4, -0.2) is 34.1 Å². The van der Waals surface area contributed by atoms with Crippen molar-refractivity contribution < 1.29 is 28.6 Å². The van der Waals surface area contributed by atoms with E-state index in [2.05, 4.69) is 10.4 Å². The number of hydrazone groups is 1. The lowest BCUT2D eigenvalue weighted by Crippen LogP contribution is -2.12. The van der Waals surface area contributed by atoms with Crippen LogP contribution in [0, 0.1) is 17.0 Å². The predicted octanol–water partition coefficient (Wildman–Crippen LogP) is 3.95. The topological polar surface area (TPSA) is 149 Å². The molecule has 0 unspecified atom stereocenters. The fourth-order valence-electron chi connectivity index (χ4n) is 3.17. The van der Waals surface area contributed by atoms with Crippen molar-refractivity contribution in [3.8, 4) is 11.1 Å². The molecule has 0 saturated heterocycles. The van der Waals surface area contributed by atoms with Crippen molar-refractivity contribution in [3.05, 3.63) is 88.5 Å². The number of benzene rings is 3. The van der Waals surface area contributed by atoms with Crippen molar-refractivity contribution in [1.82, 2.24) is 0 Å². The second-order valence-electron chi connectivity index (χ2n) is 6.92. The second-order valence-corrected chi connectivity index (χ2v) is 6.92. The number of nitrogens with one attached hydrogen (secondary N) is 2. The van der Waals surface area contributed by atoms with Gasteiger partial charge in [0.25, 0.3) is 0 Å². The largest absolute Gasteiger partial charge is 0.478 e. The maximum absolute atomic E-state index is 13.6. The minimum Gasteiger partial charge on any atom is -0.478 e. The summed E-state index contributed by atoms with van der Waals surface area (Å²) in [6.45, 7) is -0.0538. The molecule has 0 bridgehead atoms. The van der Waals surface area contributed by atoms with E-state index >= 15 is 0 Å². The first-order chi connectivity index (χ1) is 15.7. The summed E-state index contributed by atoms with van der Waals surface area (Å²) in [5.74, 6) is 0.524. The molecule has 0 saturated carbocycles. The Bertz CT molecular complexity index is 1290. The van der Waals surface area contributed by atoms with Gasteiger partial charge in [0.05, 0.1) is 23.1 Å². The first kappa shape index (κ1) is 23.1. The monoisotopic (exact) mass is 452 g/mol. The lowest BCUT2D eigenvalue weighted by molar-refractivity contribution is 0.0685. The number of carbonyl (C=O) groups is 2. The first-order valence-corrected chi connectivity index (χ1v) is 9.46. The molecule has 33 heavy (non-hydrogen) atoms. The van der Waals surface area contributed by atoms with Gasteiger partial charge in [-0.05, 0) is 47.0 Å². The van der Waals surface area contributed by atoms with Crippen LogP contribution < -0.4 is 11.2 Å². The van der Waals surface area contributed by atoms with Gasteiger partial charge in [0.1, 0.15) is 0 Å². The number of aromatic carboxylic acids is 2. The molecule has 10 heteroatoms. The molecule has 3 rings (SSSR count). The van der Waals surface area contributed by atoms with Gasteiger partial charge in [-0.1, -0.05) is 24.3 Å². The van der Waals surface area contributed by atoms with E-state index in [4.69, 9.17) is 11.3 Å². The summed E-state index contributed by atoms with van der Waals surface area (Å²) in [7, 11) is 0. The molecule has 0 atom stereocenters. The summed E-state index contributed by atoms with van der Waals surface area (Å²) in [5, 5.41) is 33.1. The van der Waals surface area contributed by atoms with Crippen molar-refractivity contribution in [2.24, 2.45) is 10.9 Å². The minimum absolute atomic E-state index is 0.0538. The fraction of sp³-hybridized carbons (Fsp3) is 0.0435. The third-order valence-electron chi connectivity index (χ3n) is 4.83. The molecule has 3 aromatic carbocycles. The Morgan fingerprint density at radius 1 is 0.939 bits per heavy atom. The molecule has 0 aromatic heterocycles. The Hall–Kier alpha value is -4.60. The number of anilines is 1. The van der Waals surface area contributed by atoms with Gasteiger partial charge >= 0.3 is 11.9 Å². The van der Waals surface area contributed by atoms with Gasteiger partial charge in [0.2, 0.25) is 0 Å². The van der Waals surface area contributed by atoms with Gasteiger partial charge in [-0.15, -0.1) is 0 Å². The Labute approximate surface area is 186 Å². The summed E-state index contributed by atoms with van der Waals surface area (Å²) in [6.07, 6.45) is 1.07. The van der Waals surface area contributed by atoms with E-state index in [0.717, 1.165) is 18.3 Å². The highest BCUT2D eigenvalue weighted by molar-refractivity contribution is 6.36. The molecule has 0 aliphatic carbocycles. The average molecular weight is 452 g/mol. The highest BCUT2D eigenvalue weighted by Gasteiger charge is 2.16. The molecular weight excluding hydrogens is 434 g/mol. The lowest BCUT2D eigenvalue weighted by atomic mass is 10.00. The van der Waals surface area contributed by atoms with Crippen molar-refractivity contribution in [1.29, 1.82) is 5.41 Å². The summed E-state index contributed by atoms with van der Waals surface area (Å²) >= 11 is 0. The highest BCUT2D eigenvalue weighted by atomic mass is 19.2. The molecule has 3 aromatic rings. The van der Waals surface area contributed by atoms with E-state index in [1.165, 1.54) is 42.5 Å². The van der Waals surface area contributed by atoms with Crippen LogP contribution in [0.4, 0.5) is 14.5 Å². The van der Waals surface area contributed by atoms with E-state index in [1.807, 2.05) is 0 Å². The van der Waals surface area contributed by atoms with Crippen LogP contribution in [0.3, 0.4) is 0 Å². The van der Waals surface area contributed by atoms with Crippen molar-refractivity contribution in [2.45, 2.75) is 6.54 Å². The SMILES string of the molecule is N=C(C=NN)c1ccc(CNc2cc(-c3ccc(F)c(F)c3)ccc2C(=O)O)c(C(=O)O)c1. The molecular formula is C23H18F2N4O4. The zero-order valence-corrected chi connectivity index (χ0v) is 17.0. The summed E-state index contributed by atoms with van der Waals surface area (Å²) in [4.78, 5) is 23.4. The van der Waals surface area contributed by atoms with E-state index in [0.29, 0.717) is 16.7 Å². The van der Waals surface area contributed by atoms with Gasteiger partial charge in [-0.25, -0.2) is 18.4 Å². The summed E-state index contributed by atoms with van der Waals surface area (Å²) in [6, 6.07) is 11.9. The number of carboxylic acids is 2. The van der Waals surface area contributed by atoms with Gasteiger partial charge in [0.15, 0.2) is 11.6 Å². The van der Waals surface area contributed by atoms with Gasteiger partial charge in [0, 0.05) is 17.8 Å². The smallest absolute Gasteiger partial charge is 0.337 e. The Morgan fingerprint density at radius 3 is 2.24 bits per heavy atom. The number of carboxylic acid groups (broad SMARTS) is 2. The molecule has 8 nitrogen and oxygen atoms in total. The normalized spacial score (nSPS) is 10.8. The number of nitrogens with two attached hydrogens (primary N) is 1. The molecule has 168 valence electrons. The van der Waals surface area contributed by atoms with E-state index in [-0.39, 0.29) is 34.6 Å². The molecule has 0 aliphatic rings. The first-order valence-electron chi connectivity index (χ1n) is 9.46. The zero-order valence-electron chi connectivity index (χ0n) is 17.0. The van der Waals surface area contributed by atoms with Crippen LogP contribution in [0.2, 0.25) is 0 Å². The maximum atomic E-state index is 13.6. The quantitative estimate of drug-likeness (QED) is 0.198. The number of halogens is 2. The summed E-state index contributed by atoms with van der Waals surface area (Å²) < 4.78 is 26.9. The third-order valence-corrected chi connectivity index (χ3v) is 4.83. The zero-order chi connectivity index (χ0) is 24.1. The van der Waals surface area contributed by atoms with E-state index in [9.17, 15) is 28.6 Å². The van der Waals surface area contributed by atoms with Crippen LogP contribution >= 0.6 is 0 Å². The molecule has 6 N–H and O–H groups in total. The van der Waals surface area contributed by atoms with Crippen molar-refractivity contribution >= 4 is 29.6 Å². The standard InChI is InChI=1S/C23H18F2N4O4/c24-18-6-4-12(8-19(18)25)13-3-5-16(22(30)31)21(9-13)28-10-15-2-1-14(20(26)11-29-27)7-17(15)23(32)33/h1-9,11,26,28H,10,27H2,(H,30,31)(H,32,33). The van der Waals surface area contributed by atoms with Crippen LogP contribution in [0.1, 0.15) is 31.8 Å². The third kappa shape index (κ3) is 5.18. The number of nitrogens with zero attached hydrogens (tertiary/aromatic N) is 1. The van der Waals surface area contributed by atoms with Crippen molar-refractivity contribution in [3.63, 3.8) is 0 Å². The molecule has 0 heterocycles. The Balaban J connectivity index is 1.95. The molecule has 0 amide bonds. The Kier molecular flexibility index (Phi) is 6.77. The van der Waals surface area contributed by atoms with Gasteiger partial charge < -0.3 is 21.4 Å². The molecule has 0 aliphatic heterocycles. The van der Waals surface area contributed by atoms with Crippen LogP contribution in [0.25, 0.3) is 11.1 Å². The average Bonchev–Trinajstić information content (AvgIpc) is 2.79. The maximum Gasteiger partial charge on any atom is 0.337 e. The number of rotatable bonds is 8. The van der Waals surface area contributed by atoms with E-state index in [1.54, 1.807) is 0 Å². The number of hydrogen-bond donors (Lipinski definition) is 5. The second kappa shape index (κ2) is 9.69. The highest BCUT2D eigenvalue weighted by Crippen LogP contribution is 2.28. The van der Waals surface area contributed by atoms with Gasteiger partial charge in [-0.3, -0.25) is 5.41 Å². The lowest BCUT2D eigenvalue weighted by Gasteiger charge is -2.14.